The molecule has 0 bridgehead atoms. The zero-order valence-corrected chi connectivity index (χ0v) is 12.0. The predicted octanol–water partition coefficient (Wildman–Crippen LogP) is 4.15. The van der Waals surface area contributed by atoms with Gasteiger partial charge < -0.3 is 14.5 Å². The Kier molecular flexibility index (Phi) is 4.81. The summed E-state index contributed by atoms with van der Waals surface area (Å²) in [4.78, 5) is 10.9. The van der Waals surface area contributed by atoms with E-state index in [1.165, 1.54) is 0 Å². The molecular weight excluding hydrogens is 272 g/mol. The number of nitro benzene ring substituents is 1. The summed E-state index contributed by atoms with van der Waals surface area (Å²) in [5, 5.41) is 14.4. The fourth-order valence-corrected chi connectivity index (χ4v) is 2.00. The van der Waals surface area contributed by atoms with Gasteiger partial charge in [-0.3, -0.25) is 10.1 Å². The molecule has 0 saturated heterocycles. The summed E-state index contributed by atoms with van der Waals surface area (Å²) < 4.78 is 10.8. The van der Waals surface area contributed by atoms with E-state index in [0.29, 0.717) is 18.1 Å². The van der Waals surface area contributed by atoms with E-state index in [2.05, 4.69) is 5.32 Å². The summed E-state index contributed by atoms with van der Waals surface area (Å²) in [5.74, 6) is 0.989. The standard InChI is InChI=1S/C15H18N2O4/c1-3-9-20-14-7-4-6-12(15(14)17(18)19)16-11(2)13-8-5-10-21-13/h4-8,10-11,16H,3,9H2,1-2H3. The summed E-state index contributed by atoms with van der Waals surface area (Å²) in [6.45, 7) is 4.27. The molecule has 0 aliphatic heterocycles. The molecule has 112 valence electrons. The van der Waals surface area contributed by atoms with E-state index in [1.54, 1.807) is 30.5 Å². The van der Waals surface area contributed by atoms with Gasteiger partial charge in [0, 0.05) is 0 Å². The molecule has 0 amide bonds. The van der Waals surface area contributed by atoms with Gasteiger partial charge in [0.2, 0.25) is 0 Å². The Morgan fingerprint density at radius 3 is 2.81 bits per heavy atom. The van der Waals surface area contributed by atoms with Crippen LogP contribution in [0.1, 0.15) is 32.1 Å². The summed E-state index contributed by atoms with van der Waals surface area (Å²) in [6, 6.07) is 8.42. The molecular formula is C15H18N2O4. The van der Waals surface area contributed by atoms with Crippen LogP contribution in [0.15, 0.2) is 41.0 Å². The minimum absolute atomic E-state index is 0.0515. The van der Waals surface area contributed by atoms with Gasteiger partial charge in [-0.15, -0.1) is 0 Å². The number of anilines is 1. The molecule has 0 radical (unpaired) electrons. The van der Waals surface area contributed by atoms with E-state index in [9.17, 15) is 10.1 Å². The molecule has 0 aliphatic carbocycles. The van der Waals surface area contributed by atoms with Crippen molar-refractivity contribution in [1.29, 1.82) is 0 Å². The van der Waals surface area contributed by atoms with Gasteiger partial charge in [-0.25, -0.2) is 0 Å². The highest BCUT2D eigenvalue weighted by Gasteiger charge is 2.22. The van der Waals surface area contributed by atoms with Crippen molar-refractivity contribution in [1.82, 2.24) is 0 Å². The zero-order chi connectivity index (χ0) is 15.2. The van der Waals surface area contributed by atoms with E-state index in [-0.39, 0.29) is 17.5 Å². The Hall–Kier alpha value is -2.50. The van der Waals surface area contributed by atoms with Gasteiger partial charge >= 0.3 is 5.69 Å². The van der Waals surface area contributed by atoms with Crippen LogP contribution in [0.25, 0.3) is 0 Å². The maximum absolute atomic E-state index is 11.3. The molecule has 1 aromatic heterocycles. The van der Waals surface area contributed by atoms with E-state index < -0.39 is 4.92 Å². The first-order valence-corrected chi connectivity index (χ1v) is 6.83. The molecule has 2 rings (SSSR count). The summed E-state index contributed by atoms with van der Waals surface area (Å²) in [5.41, 5.74) is 0.363. The first-order valence-electron chi connectivity index (χ1n) is 6.83. The van der Waals surface area contributed by atoms with Crippen LogP contribution in [0, 0.1) is 10.1 Å². The van der Waals surface area contributed by atoms with Gasteiger partial charge in [0.15, 0.2) is 5.75 Å². The van der Waals surface area contributed by atoms with E-state index in [1.807, 2.05) is 19.9 Å². The average Bonchev–Trinajstić information content (AvgIpc) is 2.99. The Morgan fingerprint density at radius 2 is 2.19 bits per heavy atom. The van der Waals surface area contributed by atoms with Crippen LogP contribution in [0.3, 0.4) is 0 Å². The van der Waals surface area contributed by atoms with Crippen LogP contribution in [-0.2, 0) is 0 Å². The summed E-state index contributed by atoms with van der Waals surface area (Å²) in [7, 11) is 0. The lowest BCUT2D eigenvalue weighted by atomic mass is 10.2. The number of nitro groups is 1. The number of hydrogen-bond acceptors (Lipinski definition) is 5. The highest BCUT2D eigenvalue weighted by Crippen LogP contribution is 2.36. The van der Waals surface area contributed by atoms with Crippen molar-refractivity contribution < 1.29 is 14.1 Å². The maximum atomic E-state index is 11.3. The normalized spacial score (nSPS) is 11.9. The lowest BCUT2D eigenvalue weighted by Gasteiger charge is -2.14. The Morgan fingerprint density at radius 1 is 1.38 bits per heavy atom. The van der Waals surface area contributed by atoms with Gasteiger partial charge in [-0.2, -0.15) is 0 Å². The second-order valence-corrected chi connectivity index (χ2v) is 4.64. The van der Waals surface area contributed by atoms with Gasteiger partial charge in [-0.1, -0.05) is 13.0 Å². The van der Waals surface area contributed by atoms with Crippen LogP contribution >= 0.6 is 0 Å². The SMILES string of the molecule is CCCOc1cccc(NC(C)c2ccco2)c1[N+](=O)[O-]. The third-order valence-electron chi connectivity index (χ3n) is 2.99. The monoisotopic (exact) mass is 290 g/mol. The molecule has 21 heavy (non-hydrogen) atoms. The number of nitrogens with one attached hydrogen (secondary N) is 1. The second kappa shape index (κ2) is 6.78. The minimum Gasteiger partial charge on any atom is -0.487 e. The molecule has 2 aromatic rings. The first-order chi connectivity index (χ1) is 10.1. The van der Waals surface area contributed by atoms with Crippen LogP contribution in [0.4, 0.5) is 11.4 Å². The molecule has 1 N–H and O–H groups in total. The molecule has 0 fully saturated rings. The summed E-state index contributed by atoms with van der Waals surface area (Å²) >= 11 is 0. The molecule has 1 unspecified atom stereocenters. The molecule has 6 heteroatoms. The Labute approximate surface area is 122 Å². The maximum Gasteiger partial charge on any atom is 0.333 e. The van der Waals surface area contributed by atoms with Crippen LogP contribution in [0.5, 0.6) is 5.75 Å². The van der Waals surface area contributed by atoms with E-state index in [0.717, 1.165) is 6.42 Å². The fraction of sp³-hybridized carbons (Fsp3) is 0.333. The highest BCUT2D eigenvalue weighted by molar-refractivity contribution is 5.68. The van der Waals surface area contributed by atoms with Gasteiger partial charge in [0.05, 0.1) is 23.8 Å². The van der Waals surface area contributed by atoms with Crippen molar-refractivity contribution >= 4 is 11.4 Å². The fourth-order valence-electron chi connectivity index (χ4n) is 2.00. The predicted molar refractivity (Wildman–Crippen MR) is 79.6 cm³/mol. The van der Waals surface area contributed by atoms with Crippen LogP contribution < -0.4 is 10.1 Å². The molecule has 6 nitrogen and oxygen atoms in total. The number of ether oxygens (including phenoxy) is 1. The molecule has 1 aromatic carbocycles. The third kappa shape index (κ3) is 3.53. The third-order valence-corrected chi connectivity index (χ3v) is 2.99. The van der Waals surface area contributed by atoms with Crippen molar-refractivity contribution in [3.8, 4) is 5.75 Å². The van der Waals surface area contributed by atoms with Crippen molar-refractivity contribution in [2.75, 3.05) is 11.9 Å². The van der Waals surface area contributed by atoms with Crippen molar-refractivity contribution in [3.63, 3.8) is 0 Å². The minimum atomic E-state index is -0.428. The zero-order valence-electron chi connectivity index (χ0n) is 12.0. The summed E-state index contributed by atoms with van der Waals surface area (Å²) in [6.07, 6.45) is 2.36. The molecule has 0 aliphatic rings. The quantitative estimate of drug-likeness (QED) is 0.612. The number of furan rings is 1. The van der Waals surface area contributed by atoms with Crippen molar-refractivity contribution in [2.45, 2.75) is 26.3 Å². The molecule has 0 spiro atoms. The van der Waals surface area contributed by atoms with Gasteiger partial charge in [0.1, 0.15) is 11.4 Å². The topological polar surface area (TPSA) is 77.5 Å². The second-order valence-electron chi connectivity index (χ2n) is 4.64. The number of benzene rings is 1. The molecule has 0 saturated carbocycles. The van der Waals surface area contributed by atoms with Crippen molar-refractivity contribution in [2.24, 2.45) is 0 Å². The Bertz CT molecular complexity index is 596. The largest absolute Gasteiger partial charge is 0.487 e. The van der Waals surface area contributed by atoms with Gasteiger partial charge in [0.25, 0.3) is 0 Å². The lowest BCUT2D eigenvalue weighted by molar-refractivity contribution is -0.385. The van der Waals surface area contributed by atoms with Crippen molar-refractivity contribution in [3.05, 3.63) is 52.5 Å². The number of rotatable bonds is 7. The highest BCUT2D eigenvalue weighted by atomic mass is 16.6. The van der Waals surface area contributed by atoms with E-state index in [4.69, 9.17) is 9.15 Å². The molecule has 1 heterocycles. The van der Waals surface area contributed by atoms with E-state index >= 15 is 0 Å². The average molecular weight is 290 g/mol. The lowest BCUT2D eigenvalue weighted by Crippen LogP contribution is -2.09. The number of para-hydroxylation sites is 1. The number of hydrogen-bond donors (Lipinski definition) is 1. The molecule has 1 atom stereocenters. The number of nitrogens with zero attached hydrogens (tertiary/aromatic N) is 1. The Balaban J connectivity index is 2.27. The van der Waals surface area contributed by atoms with Crippen LogP contribution in [-0.4, -0.2) is 11.5 Å². The smallest absolute Gasteiger partial charge is 0.333 e. The van der Waals surface area contributed by atoms with Crippen LogP contribution in [0.2, 0.25) is 0 Å². The van der Waals surface area contributed by atoms with Gasteiger partial charge in [-0.05, 0) is 37.6 Å². The first kappa shape index (κ1) is 14.9.